The van der Waals surface area contributed by atoms with Gasteiger partial charge in [0.1, 0.15) is 4.60 Å². The number of likely N-dealkylation sites (tertiary alicyclic amines) is 1. The fraction of sp³-hybridized carbons (Fsp3) is 0.385. The molecule has 3 rings (SSSR count). The number of halogens is 1. The molecule has 2 saturated heterocycles. The van der Waals surface area contributed by atoms with Crippen LogP contribution in [0.3, 0.4) is 0 Å². The SMILES string of the molecule is C=Cc1cc(N2C[C@@H]3CN(C(=O)O)C[C@@H]32)cnc1Br. The van der Waals surface area contributed by atoms with E-state index in [1.165, 1.54) is 4.90 Å². The molecule has 2 aliphatic heterocycles. The molecule has 3 heterocycles. The van der Waals surface area contributed by atoms with Crippen molar-refractivity contribution in [3.8, 4) is 0 Å². The fourth-order valence-electron chi connectivity index (χ4n) is 2.84. The number of pyridine rings is 1. The average Bonchev–Trinajstić information content (AvgIpc) is 2.69. The largest absolute Gasteiger partial charge is 0.465 e. The van der Waals surface area contributed by atoms with Crippen LogP contribution in [0.1, 0.15) is 5.56 Å². The summed E-state index contributed by atoms with van der Waals surface area (Å²) in [4.78, 5) is 19.0. The van der Waals surface area contributed by atoms with Crippen LogP contribution in [-0.4, -0.2) is 46.8 Å². The first kappa shape index (κ1) is 12.5. The monoisotopic (exact) mass is 323 g/mol. The molecule has 2 aliphatic rings. The summed E-state index contributed by atoms with van der Waals surface area (Å²) in [5.74, 6) is 0.451. The molecule has 1 aromatic rings. The minimum absolute atomic E-state index is 0.289. The standard InChI is InChI=1S/C13H14BrN3O2/c1-2-8-3-10(4-15-12(8)14)17-6-9-5-16(13(18)19)7-11(9)17/h2-4,9,11H,1,5-7H2,(H,18,19)/t9-,11-/m0/s1. The van der Waals surface area contributed by atoms with Gasteiger partial charge in [0, 0.05) is 31.1 Å². The number of amides is 1. The third-order valence-electron chi connectivity index (χ3n) is 3.91. The minimum atomic E-state index is -0.824. The highest BCUT2D eigenvalue weighted by molar-refractivity contribution is 9.10. The van der Waals surface area contributed by atoms with Gasteiger partial charge in [-0.1, -0.05) is 12.7 Å². The van der Waals surface area contributed by atoms with E-state index in [1.54, 1.807) is 6.08 Å². The van der Waals surface area contributed by atoms with Gasteiger partial charge in [0.05, 0.1) is 17.9 Å². The number of nitrogens with zero attached hydrogens (tertiary/aromatic N) is 3. The van der Waals surface area contributed by atoms with Crippen molar-refractivity contribution in [2.75, 3.05) is 24.5 Å². The van der Waals surface area contributed by atoms with Crippen LogP contribution < -0.4 is 4.90 Å². The number of carbonyl (C=O) groups is 1. The van der Waals surface area contributed by atoms with E-state index in [0.29, 0.717) is 19.0 Å². The summed E-state index contributed by atoms with van der Waals surface area (Å²) in [7, 11) is 0. The molecule has 1 N–H and O–H groups in total. The molecule has 5 nitrogen and oxygen atoms in total. The Labute approximate surface area is 119 Å². The molecular formula is C13H14BrN3O2. The molecule has 1 aromatic heterocycles. The molecule has 0 bridgehead atoms. The lowest BCUT2D eigenvalue weighted by Crippen LogP contribution is -2.55. The van der Waals surface area contributed by atoms with Crippen LogP contribution in [0.2, 0.25) is 0 Å². The van der Waals surface area contributed by atoms with Crippen molar-refractivity contribution in [1.82, 2.24) is 9.88 Å². The Bertz CT molecular complexity index is 549. The zero-order valence-electron chi connectivity index (χ0n) is 10.3. The number of anilines is 1. The number of rotatable bonds is 2. The van der Waals surface area contributed by atoms with Crippen LogP contribution in [0.15, 0.2) is 23.4 Å². The lowest BCUT2D eigenvalue weighted by atomic mass is 9.91. The Morgan fingerprint density at radius 3 is 3.00 bits per heavy atom. The normalized spacial score (nSPS) is 24.9. The van der Waals surface area contributed by atoms with E-state index >= 15 is 0 Å². The Kier molecular flexibility index (Phi) is 2.97. The Balaban J connectivity index is 1.79. The second-order valence-corrected chi connectivity index (χ2v) is 5.70. The lowest BCUT2D eigenvalue weighted by molar-refractivity contribution is 0.155. The predicted molar refractivity (Wildman–Crippen MR) is 76.2 cm³/mol. The van der Waals surface area contributed by atoms with Crippen LogP contribution in [0, 0.1) is 5.92 Å². The second-order valence-electron chi connectivity index (χ2n) is 4.95. The van der Waals surface area contributed by atoms with Crippen molar-refractivity contribution < 1.29 is 9.90 Å². The number of carboxylic acid groups (broad SMARTS) is 1. The van der Waals surface area contributed by atoms with Crippen molar-refractivity contribution in [2.24, 2.45) is 5.92 Å². The van der Waals surface area contributed by atoms with E-state index in [2.05, 4.69) is 32.4 Å². The quantitative estimate of drug-likeness (QED) is 0.848. The molecule has 0 spiro atoms. The predicted octanol–water partition coefficient (Wildman–Crippen LogP) is 2.29. The molecule has 6 heteroatoms. The highest BCUT2D eigenvalue weighted by atomic mass is 79.9. The molecule has 2 fully saturated rings. The zero-order chi connectivity index (χ0) is 13.6. The summed E-state index contributed by atoms with van der Waals surface area (Å²) >= 11 is 3.38. The molecule has 0 saturated carbocycles. The smallest absolute Gasteiger partial charge is 0.407 e. The summed E-state index contributed by atoms with van der Waals surface area (Å²) in [6.45, 7) is 5.89. The third-order valence-corrected chi connectivity index (χ3v) is 4.57. The van der Waals surface area contributed by atoms with Crippen LogP contribution in [0.5, 0.6) is 0 Å². The van der Waals surface area contributed by atoms with E-state index < -0.39 is 6.09 Å². The molecule has 0 unspecified atom stereocenters. The van der Waals surface area contributed by atoms with Gasteiger partial charge in [-0.05, 0) is 22.0 Å². The van der Waals surface area contributed by atoms with Gasteiger partial charge >= 0.3 is 6.09 Å². The molecule has 100 valence electrons. The summed E-state index contributed by atoms with van der Waals surface area (Å²) < 4.78 is 0.780. The second kappa shape index (κ2) is 4.52. The van der Waals surface area contributed by atoms with Crippen molar-refractivity contribution in [3.05, 3.63) is 29.0 Å². The van der Waals surface area contributed by atoms with Gasteiger partial charge in [0.15, 0.2) is 0 Å². The Morgan fingerprint density at radius 1 is 1.53 bits per heavy atom. The molecule has 0 aliphatic carbocycles. The summed E-state index contributed by atoms with van der Waals surface area (Å²) in [6.07, 6.45) is 2.75. The average molecular weight is 324 g/mol. The first-order valence-corrected chi connectivity index (χ1v) is 6.92. The van der Waals surface area contributed by atoms with Gasteiger partial charge in [-0.25, -0.2) is 9.78 Å². The van der Waals surface area contributed by atoms with Crippen molar-refractivity contribution in [3.63, 3.8) is 0 Å². The van der Waals surface area contributed by atoms with E-state index in [-0.39, 0.29) is 6.04 Å². The maximum atomic E-state index is 11.0. The molecule has 2 atom stereocenters. The molecule has 19 heavy (non-hydrogen) atoms. The Morgan fingerprint density at radius 2 is 2.32 bits per heavy atom. The van der Waals surface area contributed by atoms with Crippen molar-refractivity contribution in [2.45, 2.75) is 6.04 Å². The maximum Gasteiger partial charge on any atom is 0.407 e. The number of hydrogen-bond acceptors (Lipinski definition) is 3. The van der Waals surface area contributed by atoms with Gasteiger partial charge in [0.2, 0.25) is 0 Å². The van der Waals surface area contributed by atoms with E-state index in [9.17, 15) is 4.79 Å². The van der Waals surface area contributed by atoms with Crippen LogP contribution >= 0.6 is 15.9 Å². The molecule has 1 amide bonds. The summed E-state index contributed by atoms with van der Waals surface area (Å²) in [5.41, 5.74) is 1.99. The number of fused-ring (bicyclic) bond motifs is 1. The van der Waals surface area contributed by atoms with Gasteiger partial charge < -0.3 is 14.9 Å². The molecule has 0 radical (unpaired) electrons. The zero-order valence-corrected chi connectivity index (χ0v) is 11.9. The first-order chi connectivity index (χ1) is 9.10. The van der Waals surface area contributed by atoms with E-state index in [0.717, 1.165) is 22.4 Å². The Hall–Kier alpha value is -1.56. The topological polar surface area (TPSA) is 56.7 Å². The van der Waals surface area contributed by atoms with E-state index in [4.69, 9.17) is 5.11 Å². The molecular weight excluding hydrogens is 310 g/mol. The maximum absolute atomic E-state index is 11.0. The summed E-state index contributed by atoms with van der Waals surface area (Å²) in [5, 5.41) is 9.03. The third kappa shape index (κ3) is 2.00. The van der Waals surface area contributed by atoms with Gasteiger partial charge in [-0.3, -0.25) is 0 Å². The number of aromatic nitrogens is 1. The fourth-order valence-corrected chi connectivity index (χ4v) is 3.22. The van der Waals surface area contributed by atoms with E-state index in [1.807, 2.05) is 12.3 Å². The highest BCUT2D eigenvalue weighted by Crippen LogP contribution is 2.37. The molecule has 0 aromatic carbocycles. The lowest BCUT2D eigenvalue weighted by Gasteiger charge is -2.45. The van der Waals surface area contributed by atoms with Crippen LogP contribution in [0.25, 0.3) is 6.08 Å². The van der Waals surface area contributed by atoms with Gasteiger partial charge in [-0.15, -0.1) is 0 Å². The number of hydrogen-bond donors (Lipinski definition) is 1. The highest BCUT2D eigenvalue weighted by Gasteiger charge is 2.47. The minimum Gasteiger partial charge on any atom is -0.465 e. The van der Waals surface area contributed by atoms with Gasteiger partial charge in [0.25, 0.3) is 0 Å². The van der Waals surface area contributed by atoms with Crippen LogP contribution in [0.4, 0.5) is 10.5 Å². The van der Waals surface area contributed by atoms with Gasteiger partial charge in [-0.2, -0.15) is 0 Å². The summed E-state index contributed by atoms with van der Waals surface area (Å²) in [6, 6.07) is 2.32. The first-order valence-electron chi connectivity index (χ1n) is 6.12. The van der Waals surface area contributed by atoms with Crippen molar-refractivity contribution in [1.29, 1.82) is 0 Å². The van der Waals surface area contributed by atoms with Crippen LogP contribution in [-0.2, 0) is 0 Å². The van der Waals surface area contributed by atoms with Crippen molar-refractivity contribution >= 4 is 33.8 Å².